The van der Waals surface area contributed by atoms with Crippen molar-refractivity contribution in [1.29, 1.82) is 0 Å². The third-order valence-electron chi connectivity index (χ3n) is 2.22. The van der Waals surface area contributed by atoms with Crippen LogP contribution in [0.3, 0.4) is 0 Å². The minimum atomic E-state index is 0. The third kappa shape index (κ3) is 1.82. The summed E-state index contributed by atoms with van der Waals surface area (Å²) in [6.45, 7) is 4.20. The molecule has 0 radical (unpaired) electrons. The largest absolute Gasteiger partial charge is 0.466 e. The van der Waals surface area contributed by atoms with Crippen molar-refractivity contribution in [3.63, 3.8) is 0 Å². The lowest BCUT2D eigenvalue weighted by molar-refractivity contribution is 0.452. The van der Waals surface area contributed by atoms with Crippen LogP contribution in [0.25, 0.3) is 0 Å². The van der Waals surface area contributed by atoms with E-state index in [1.807, 2.05) is 13.0 Å². The van der Waals surface area contributed by atoms with Gasteiger partial charge in [-0.2, -0.15) is 0 Å². The van der Waals surface area contributed by atoms with Crippen LogP contribution in [0.1, 0.15) is 23.9 Å². The van der Waals surface area contributed by atoms with Gasteiger partial charge in [0.15, 0.2) is 0 Å². The number of hydrogen-bond acceptors (Lipinski definition) is 2. The highest BCUT2D eigenvalue weighted by atomic mass is 35.5. The Balaban J connectivity index is 0.000000720. The second-order valence-corrected chi connectivity index (χ2v) is 3.14. The standard InChI is InChI=1S/C9H13NO.ClH/c1-7-2-3-9(11-7)8-4-5-10-6-8;/h2-3,8,10H,4-6H2,1H3;1H. The minimum absolute atomic E-state index is 0. The number of rotatable bonds is 1. The molecule has 0 spiro atoms. The highest BCUT2D eigenvalue weighted by Crippen LogP contribution is 2.23. The Kier molecular flexibility index (Phi) is 3.18. The van der Waals surface area contributed by atoms with E-state index in [1.165, 1.54) is 6.42 Å². The third-order valence-corrected chi connectivity index (χ3v) is 2.22. The van der Waals surface area contributed by atoms with Gasteiger partial charge >= 0.3 is 0 Å². The summed E-state index contributed by atoms with van der Waals surface area (Å²) in [5, 5.41) is 3.32. The van der Waals surface area contributed by atoms with Gasteiger partial charge in [-0.1, -0.05) is 0 Å². The maximum atomic E-state index is 5.53. The second-order valence-electron chi connectivity index (χ2n) is 3.14. The molecular formula is C9H14ClNO. The predicted octanol–water partition coefficient (Wildman–Crippen LogP) is 2.09. The molecule has 1 fully saturated rings. The Bertz CT molecular complexity index is 240. The van der Waals surface area contributed by atoms with Gasteiger partial charge in [-0.15, -0.1) is 12.4 Å². The zero-order valence-electron chi connectivity index (χ0n) is 7.17. The van der Waals surface area contributed by atoms with E-state index in [9.17, 15) is 0 Å². The predicted molar refractivity (Wildman–Crippen MR) is 50.9 cm³/mol. The lowest BCUT2D eigenvalue weighted by Crippen LogP contribution is -2.07. The molecule has 2 nitrogen and oxygen atoms in total. The molecule has 2 rings (SSSR count). The van der Waals surface area contributed by atoms with E-state index in [1.54, 1.807) is 0 Å². The van der Waals surface area contributed by atoms with Crippen molar-refractivity contribution in [3.05, 3.63) is 23.7 Å². The summed E-state index contributed by atoms with van der Waals surface area (Å²) < 4.78 is 5.53. The van der Waals surface area contributed by atoms with E-state index < -0.39 is 0 Å². The fourth-order valence-corrected chi connectivity index (χ4v) is 1.57. The Morgan fingerprint density at radius 1 is 1.50 bits per heavy atom. The topological polar surface area (TPSA) is 25.2 Å². The van der Waals surface area contributed by atoms with Crippen LogP contribution in [0, 0.1) is 6.92 Å². The highest BCUT2D eigenvalue weighted by molar-refractivity contribution is 5.85. The molecule has 0 aromatic carbocycles. The van der Waals surface area contributed by atoms with Crippen molar-refractivity contribution in [2.75, 3.05) is 13.1 Å². The van der Waals surface area contributed by atoms with Crippen molar-refractivity contribution in [2.24, 2.45) is 0 Å². The van der Waals surface area contributed by atoms with E-state index in [-0.39, 0.29) is 12.4 Å². The number of halogens is 1. The molecular weight excluding hydrogens is 174 g/mol. The van der Waals surface area contributed by atoms with Crippen LogP contribution in [-0.4, -0.2) is 13.1 Å². The van der Waals surface area contributed by atoms with Crippen molar-refractivity contribution in [1.82, 2.24) is 5.32 Å². The lowest BCUT2D eigenvalue weighted by atomic mass is 10.1. The Hall–Kier alpha value is -0.470. The Morgan fingerprint density at radius 3 is 2.83 bits per heavy atom. The van der Waals surface area contributed by atoms with Gasteiger partial charge in [0.2, 0.25) is 0 Å². The van der Waals surface area contributed by atoms with Crippen LogP contribution in [0.4, 0.5) is 0 Å². The fraction of sp³-hybridized carbons (Fsp3) is 0.556. The number of furan rings is 1. The van der Waals surface area contributed by atoms with Crippen LogP contribution in [0.15, 0.2) is 16.5 Å². The Morgan fingerprint density at radius 2 is 2.33 bits per heavy atom. The molecule has 1 aromatic rings. The lowest BCUT2D eigenvalue weighted by Gasteiger charge is -2.01. The van der Waals surface area contributed by atoms with E-state index >= 15 is 0 Å². The molecule has 2 heterocycles. The fourth-order valence-electron chi connectivity index (χ4n) is 1.57. The molecule has 0 bridgehead atoms. The molecule has 1 aliphatic rings. The highest BCUT2D eigenvalue weighted by Gasteiger charge is 2.18. The number of hydrogen-bond donors (Lipinski definition) is 1. The summed E-state index contributed by atoms with van der Waals surface area (Å²) in [6.07, 6.45) is 1.22. The average Bonchev–Trinajstić information content (AvgIpc) is 2.55. The molecule has 0 amide bonds. The first-order valence-electron chi connectivity index (χ1n) is 4.13. The van der Waals surface area contributed by atoms with Crippen molar-refractivity contribution >= 4 is 12.4 Å². The van der Waals surface area contributed by atoms with Crippen molar-refractivity contribution < 1.29 is 4.42 Å². The maximum Gasteiger partial charge on any atom is 0.108 e. The second kappa shape index (κ2) is 3.97. The summed E-state index contributed by atoms with van der Waals surface area (Å²) >= 11 is 0. The zero-order chi connectivity index (χ0) is 7.68. The summed E-state index contributed by atoms with van der Waals surface area (Å²) in [5.74, 6) is 2.78. The summed E-state index contributed by atoms with van der Waals surface area (Å²) in [6, 6.07) is 4.13. The normalized spacial score (nSPS) is 22.2. The van der Waals surface area contributed by atoms with E-state index in [2.05, 4.69) is 11.4 Å². The minimum Gasteiger partial charge on any atom is -0.466 e. The SMILES string of the molecule is Cc1ccc(C2CCNC2)o1.Cl. The smallest absolute Gasteiger partial charge is 0.108 e. The van der Waals surface area contributed by atoms with Gasteiger partial charge in [0, 0.05) is 12.5 Å². The quantitative estimate of drug-likeness (QED) is 0.729. The molecule has 12 heavy (non-hydrogen) atoms. The van der Waals surface area contributed by atoms with Crippen LogP contribution >= 0.6 is 12.4 Å². The van der Waals surface area contributed by atoms with Gasteiger partial charge in [0.05, 0.1) is 0 Å². The summed E-state index contributed by atoms with van der Waals surface area (Å²) in [5.41, 5.74) is 0. The molecule has 0 saturated carbocycles. The summed E-state index contributed by atoms with van der Waals surface area (Å²) in [7, 11) is 0. The molecule has 1 aromatic heterocycles. The van der Waals surface area contributed by atoms with E-state index in [4.69, 9.17) is 4.42 Å². The molecule has 68 valence electrons. The van der Waals surface area contributed by atoms with Crippen LogP contribution in [-0.2, 0) is 0 Å². The molecule has 0 aliphatic carbocycles. The van der Waals surface area contributed by atoms with Crippen LogP contribution in [0.5, 0.6) is 0 Å². The van der Waals surface area contributed by atoms with E-state index in [0.717, 1.165) is 24.6 Å². The van der Waals surface area contributed by atoms with Crippen molar-refractivity contribution in [3.8, 4) is 0 Å². The van der Waals surface area contributed by atoms with Gasteiger partial charge in [0.25, 0.3) is 0 Å². The van der Waals surface area contributed by atoms with Gasteiger partial charge in [-0.25, -0.2) is 0 Å². The zero-order valence-corrected chi connectivity index (χ0v) is 7.99. The molecule has 1 atom stereocenters. The van der Waals surface area contributed by atoms with Gasteiger partial charge < -0.3 is 9.73 Å². The molecule has 1 saturated heterocycles. The van der Waals surface area contributed by atoms with Crippen LogP contribution < -0.4 is 5.32 Å². The maximum absolute atomic E-state index is 5.53. The van der Waals surface area contributed by atoms with E-state index in [0.29, 0.717) is 5.92 Å². The summed E-state index contributed by atoms with van der Waals surface area (Å²) in [4.78, 5) is 0. The number of nitrogens with one attached hydrogen (secondary N) is 1. The monoisotopic (exact) mass is 187 g/mol. The first kappa shape index (κ1) is 9.62. The molecule has 3 heteroatoms. The molecule has 1 unspecified atom stereocenters. The van der Waals surface area contributed by atoms with Gasteiger partial charge in [-0.3, -0.25) is 0 Å². The first-order valence-corrected chi connectivity index (χ1v) is 4.13. The van der Waals surface area contributed by atoms with Gasteiger partial charge in [-0.05, 0) is 32.0 Å². The molecule has 1 aliphatic heterocycles. The molecule has 1 N–H and O–H groups in total. The average molecular weight is 188 g/mol. The van der Waals surface area contributed by atoms with Crippen molar-refractivity contribution in [2.45, 2.75) is 19.3 Å². The van der Waals surface area contributed by atoms with Gasteiger partial charge in [0.1, 0.15) is 11.5 Å². The Labute approximate surface area is 78.7 Å². The number of aryl methyl sites for hydroxylation is 1. The first-order chi connectivity index (χ1) is 5.36. The van der Waals surface area contributed by atoms with Crippen LogP contribution in [0.2, 0.25) is 0 Å².